The number of rotatable bonds is 2. The van der Waals surface area contributed by atoms with Crippen molar-refractivity contribution in [2.75, 3.05) is 0 Å². The average molecular weight is 142 g/mol. The molecule has 1 fully saturated rings. The Balaban J connectivity index is 2.40. The number of hydrogen-bond acceptors (Lipinski definition) is 2. The lowest BCUT2D eigenvalue weighted by Crippen LogP contribution is -2.17. The largest absolute Gasteiger partial charge is 0.464 e. The lowest BCUT2D eigenvalue weighted by molar-refractivity contribution is -0.135. The molecule has 0 bridgehead atoms. The fourth-order valence-electron chi connectivity index (χ4n) is 1.58. The molecule has 0 spiro atoms. The zero-order chi connectivity index (χ0) is 7.56. The fourth-order valence-corrected chi connectivity index (χ4v) is 1.58. The maximum absolute atomic E-state index is 9.99. The Kier molecular flexibility index (Phi) is 2.30. The zero-order valence-electron chi connectivity index (χ0n) is 6.54. The highest BCUT2D eigenvalue weighted by Gasteiger charge is 2.30. The molecule has 0 radical (unpaired) electrons. The Morgan fingerprint density at radius 1 is 1.40 bits per heavy atom. The molecule has 58 valence electrons. The minimum Gasteiger partial charge on any atom is -0.464 e. The van der Waals surface area contributed by atoms with Gasteiger partial charge in [-0.1, -0.05) is 13.8 Å². The molecule has 0 aromatic carbocycles. The van der Waals surface area contributed by atoms with Crippen molar-refractivity contribution in [1.82, 2.24) is 0 Å². The molecule has 10 heavy (non-hydrogen) atoms. The molecule has 2 heteroatoms. The van der Waals surface area contributed by atoms with Crippen molar-refractivity contribution < 1.29 is 9.53 Å². The Bertz CT molecular complexity index is 122. The first kappa shape index (κ1) is 7.58. The van der Waals surface area contributed by atoms with Gasteiger partial charge in [0.2, 0.25) is 0 Å². The summed E-state index contributed by atoms with van der Waals surface area (Å²) in [5.41, 5.74) is 0. The van der Waals surface area contributed by atoms with Crippen LogP contribution in [0.3, 0.4) is 0 Å². The van der Waals surface area contributed by atoms with Crippen LogP contribution in [-0.2, 0) is 9.53 Å². The summed E-state index contributed by atoms with van der Waals surface area (Å²) in [6.45, 7) is 4.92. The predicted molar refractivity (Wildman–Crippen MR) is 38.5 cm³/mol. The third kappa shape index (κ3) is 1.31. The van der Waals surface area contributed by atoms with E-state index in [1.807, 2.05) is 0 Å². The predicted octanol–water partition coefficient (Wildman–Crippen LogP) is 1.59. The van der Waals surface area contributed by atoms with Gasteiger partial charge in [0.15, 0.2) is 0 Å². The third-order valence-electron chi connectivity index (χ3n) is 2.62. The lowest BCUT2D eigenvalue weighted by Gasteiger charge is -2.15. The van der Waals surface area contributed by atoms with Gasteiger partial charge in [-0.05, 0) is 24.7 Å². The van der Waals surface area contributed by atoms with Crippen LogP contribution in [0.4, 0.5) is 0 Å². The summed E-state index contributed by atoms with van der Waals surface area (Å²) in [7, 11) is 0. The van der Waals surface area contributed by atoms with Crippen molar-refractivity contribution in [3.05, 3.63) is 0 Å². The smallest absolute Gasteiger partial charge is 0.293 e. The third-order valence-corrected chi connectivity index (χ3v) is 2.62. The van der Waals surface area contributed by atoms with E-state index in [0.717, 1.165) is 6.42 Å². The molecule has 0 aromatic heterocycles. The van der Waals surface area contributed by atoms with Gasteiger partial charge in [0.05, 0.1) is 0 Å². The fraction of sp³-hybridized carbons (Fsp3) is 0.875. The standard InChI is InChI=1S/C8H14O2/c1-6-3-4-8(7(6)2)10-5-9/h5-8H,3-4H2,1-2H3. The summed E-state index contributed by atoms with van der Waals surface area (Å²) < 4.78 is 4.90. The highest BCUT2D eigenvalue weighted by atomic mass is 16.5. The molecule has 0 amide bonds. The van der Waals surface area contributed by atoms with Gasteiger partial charge >= 0.3 is 0 Å². The van der Waals surface area contributed by atoms with Gasteiger partial charge < -0.3 is 4.74 Å². The van der Waals surface area contributed by atoms with E-state index in [-0.39, 0.29) is 6.10 Å². The molecule has 0 aliphatic heterocycles. The SMILES string of the molecule is CC1CCC(OC=O)C1C. The second-order valence-corrected chi connectivity index (χ2v) is 3.18. The van der Waals surface area contributed by atoms with Crippen LogP contribution >= 0.6 is 0 Å². The first-order chi connectivity index (χ1) is 4.75. The molecular formula is C8H14O2. The maximum Gasteiger partial charge on any atom is 0.293 e. The summed E-state index contributed by atoms with van der Waals surface area (Å²) in [5.74, 6) is 1.26. The Morgan fingerprint density at radius 2 is 2.10 bits per heavy atom. The van der Waals surface area contributed by atoms with E-state index in [1.54, 1.807) is 0 Å². The van der Waals surface area contributed by atoms with Crippen LogP contribution in [0, 0.1) is 11.8 Å². The van der Waals surface area contributed by atoms with Crippen LogP contribution in [0.2, 0.25) is 0 Å². The topological polar surface area (TPSA) is 26.3 Å². The first-order valence-corrected chi connectivity index (χ1v) is 3.84. The monoisotopic (exact) mass is 142 g/mol. The summed E-state index contributed by atoms with van der Waals surface area (Å²) in [6.07, 6.45) is 2.42. The van der Waals surface area contributed by atoms with Gasteiger partial charge in [-0.15, -0.1) is 0 Å². The minimum atomic E-state index is 0.187. The summed E-state index contributed by atoms with van der Waals surface area (Å²) >= 11 is 0. The van der Waals surface area contributed by atoms with E-state index >= 15 is 0 Å². The van der Waals surface area contributed by atoms with Crippen molar-refractivity contribution >= 4 is 6.47 Å². The van der Waals surface area contributed by atoms with Crippen molar-refractivity contribution in [3.8, 4) is 0 Å². The van der Waals surface area contributed by atoms with Gasteiger partial charge in [-0.2, -0.15) is 0 Å². The van der Waals surface area contributed by atoms with Gasteiger partial charge in [-0.25, -0.2) is 0 Å². The van der Waals surface area contributed by atoms with Gasteiger partial charge in [0.1, 0.15) is 6.10 Å². The average Bonchev–Trinajstić information content (AvgIpc) is 2.20. The van der Waals surface area contributed by atoms with E-state index in [9.17, 15) is 4.79 Å². The second-order valence-electron chi connectivity index (χ2n) is 3.18. The summed E-state index contributed by atoms with van der Waals surface area (Å²) in [4.78, 5) is 9.99. The van der Waals surface area contributed by atoms with Crippen LogP contribution in [-0.4, -0.2) is 12.6 Å². The van der Waals surface area contributed by atoms with E-state index < -0.39 is 0 Å². The molecule has 0 aromatic rings. The highest BCUT2D eigenvalue weighted by Crippen LogP contribution is 2.32. The molecule has 1 aliphatic carbocycles. The van der Waals surface area contributed by atoms with Gasteiger partial charge in [0, 0.05) is 0 Å². The molecule has 0 N–H and O–H groups in total. The molecule has 0 heterocycles. The Hall–Kier alpha value is -0.530. The van der Waals surface area contributed by atoms with E-state index in [2.05, 4.69) is 13.8 Å². The maximum atomic E-state index is 9.99. The quantitative estimate of drug-likeness (QED) is 0.547. The van der Waals surface area contributed by atoms with Crippen molar-refractivity contribution in [2.45, 2.75) is 32.8 Å². The van der Waals surface area contributed by atoms with E-state index in [4.69, 9.17) is 4.74 Å². The normalized spacial score (nSPS) is 39.6. The number of hydrogen-bond donors (Lipinski definition) is 0. The molecular weight excluding hydrogens is 128 g/mol. The Labute approximate surface area is 61.6 Å². The van der Waals surface area contributed by atoms with Crippen LogP contribution in [0.15, 0.2) is 0 Å². The second kappa shape index (κ2) is 3.04. The number of carbonyl (C=O) groups excluding carboxylic acids is 1. The number of carbonyl (C=O) groups is 1. The highest BCUT2D eigenvalue weighted by molar-refractivity contribution is 5.37. The molecule has 1 rings (SSSR count). The van der Waals surface area contributed by atoms with E-state index in [0.29, 0.717) is 18.3 Å². The van der Waals surface area contributed by atoms with Crippen LogP contribution in [0.5, 0.6) is 0 Å². The molecule has 1 saturated carbocycles. The van der Waals surface area contributed by atoms with Crippen molar-refractivity contribution in [2.24, 2.45) is 11.8 Å². The Morgan fingerprint density at radius 3 is 2.50 bits per heavy atom. The van der Waals surface area contributed by atoms with Crippen LogP contribution in [0.1, 0.15) is 26.7 Å². The summed E-state index contributed by atoms with van der Waals surface area (Å²) in [6, 6.07) is 0. The van der Waals surface area contributed by atoms with Crippen LogP contribution in [0.25, 0.3) is 0 Å². The van der Waals surface area contributed by atoms with Crippen molar-refractivity contribution in [1.29, 1.82) is 0 Å². The molecule has 3 atom stereocenters. The minimum absolute atomic E-state index is 0.187. The lowest BCUT2D eigenvalue weighted by atomic mass is 9.99. The molecule has 1 aliphatic rings. The van der Waals surface area contributed by atoms with Crippen LogP contribution < -0.4 is 0 Å². The first-order valence-electron chi connectivity index (χ1n) is 3.84. The van der Waals surface area contributed by atoms with E-state index in [1.165, 1.54) is 6.42 Å². The zero-order valence-corrected chi connectivity index (χ0v) is 6.54. The molecule has 2 nitrogen and oxygen atoms in total. The van der Waals surface area contributed by atoms with Gasteiger partial charge in [-0.3, -0.25) is 4.79 Å². The van der Waals surface area contributed by atoms with Gasteiger partial charge in [0.25, 0.3) is 6.47 Å². The molecule has 0 saturated heterocycles. The number of ether oxygens (including phenoxy) is 1. The van der Waals surface area contributed by atoms with Crippen molar-refractivity contribution in [3.63, 3.8) is 0 Å². The summed E-state index contributed by atoms with van der Waals surface area (Å²) in [5, 5.41) is 0. The molecule has 3 unspecified atom stereocenters.